The van der Waals surface area contributed by atoms with E-state index < -0.39 is 9.84 Å². The Bertz CT molecular complexity index is 695. The topological polar surface area (TPSA) is 79.4 Å². The predicted octanol–water partition coefficient (Wildman–Crippen LogP) is 1.11. The Morgan fingerprint density at radius 3 is 2.75 bits per heavy atom. The molecule has 1 unspecified atom stereocenters. The number of nitrogens with zero attached hydrogens (tertiary/aromatic N) is 2. The van der Waals surface area contributed by atoms with Crippen molar-refractivity contribution in [1.82, 2.24) is 15.2 Å². The number of likely N-dealkylation sites (tertiary alicyclic amines) is 1. The molecule has 2 aliphatic heterocycles. The first-order chi connectivity index (χ1) is 11.5. The van der Waals surface area contributed by atoms with Gasteiger partial charge in [-0.15, -0.1) is 0 Å². The van der Waals surface area contributed by atoms with Crippen LogP contribution >= 0.6 is 0 Å². The summed E-state index contributed by atoms with van der Waals surface area (Å²) in [6.45, 7) is 2.77. The van der Waals surface area contributed by atoms with E-state index in [-0.39, 0.29) is 30.0 Å². The number of nitrogens with one attached hydrogen (secondary N) is 1. The van der Waals surface area contributed by atoms with Gasteiger partial charge in [0.25, 0.3) is 0 Å². The minimum absolute atomic E-state index is 0.0486. The molecule has 1 amide bonds. The number of hydrogen-bond acceptors (Lipinski definition) is 5. The number of rotatable bonds is 5. The highest BCUT2D eigenvalue weighted by molar-refractivity contribution is 7.94. The quantitative estimate of drug-likeness (QED) is 0.861. The maximum absolute atomic E-state index is 12.1. The van der Waals surface area contributed by atoms with Gasteiger partial charge in [0.1, 0.15) is 0 Å². The third-order valence-corrected chi connectivity index (χ3v) is 6.00. The number of piperidine rings is 1. The van der Waals surface area contributed by atoms with Crippen molar-refractivity contribution < 1.29 is 13.2 Å². The van der Waals surface area contributed by atoms with Crippen LogP contribution in [0.5, 0.6) is 0 Å². The van der Waals surface area contributed by atoms with Crippen LogP contribution in [0.1, 0.15) is 24.8 Å². The summed E-state index contributed by atoms with van der Waals surface area (Å²) >= 11 is 0. The van der Waals surface area contributed by atoms with Crippen molar-refractivity contribution in [3.8, 4) is 0 Å². The Labute approximate surface area is 142 Å². The zero-order valence-electron chi connectivity index (χ0n) is 13.6. The van der Waals surface area contributed by atoms with Crippen LogP contribution in [0, 0.1) is 5.92 Å². The monoisotopic (exact) mass is 349 g/mol. The summed E-state index contributed by atoms with van der Waals surface area (Å²) in [5.41, 5.74) is 1.20. The molecule has 2 aliphatic rings. The molecule has 3 rings (SSSR count). The van der Waals surface area contributed by atoms with Gasteiger partial charge in [-0.25, -0.2) is 8.42 Å². The lowest BCUT2D eigenvalue weighted by atomic mass is 10.0. The summed E-state index contributed by atoms with van der Waals surface area (Å²) in [4.78, 5) is 18.6. The lowest BCUT2D eigenvalue weighted by Gasteiger charge is -2.32. The number of amides is 1. The van der Waals surface area contributed by atoms with Crippen molar-refractivity contribution >= 4 is 15.7 Å². The van der Waals surface area contributed by atoms with Crippen molar-refractivity contribution in [2.75, 3.05) is 18.8 Å². The molecule has 1 aromatic heterocycles. The van der Waals surface area contributed by atoms with Gasteiger partial charge in [-0.3, -0.25) is 14.7 Å². The minimum atomic E-state index is -3.08. The zero-order chi connectivity index (χ0) is 17.0. The molecule has 0 aliphatic carbocycles. The molecule has 0 spiro atoms. The van der Waals surface area contributed by atoms with E-state index in [4.69, 9.17) is 0 Å². The summed E-state index contributed by atoms with van der Waals surface area (Å²) < 4.78 is 22.7. The van der Waals surface area contributed by atoms with E-state index in [0.29, 0.717) is 0 Å². The van der Waals surface area contributed by atoms with E-state index in [9.17, 15) is 13.2 Å². The Balaban J connectivity index is 1.39. The molecule has 1 fully saturated rings. The third kappa shape index (κ3) is 4.88. The summed E-state index contributed by atoms with van der Waals surface area (Å²) in [5, 5.41) is 4.27. The Kier molecular flexibility index (Phi) is 5.30. The van der Waals surface area contributed by atoms with Gasteiger partial charge in [0.2, 0.25) is 5.91 Å². The Morgan fingerprint density at radius 1 is 1.33 bits per heavy atom. The number of hydrogen-bond donors (Lipinski definition) is 1. The van der Waals surface area contributed by atoms with Gasteiger partial charge in [0, 0.05) is 55.8 Å². The SMILES string of the molecule is O=C(CC1C=CS(=O)(=O)C1)NC1CCN(Cc2cccnc2)CC1. The molecule has 0 radical (unpaired) electrons. The largest absolute Gasteiger partial charge is 0.353 e. The first-order valence-corrected chi connectivity index (χ1v) is 10.0. The highest BCUT2D eigenvalue weighted by Crippen LogP contribution is 2.19. The molecule has 7 heteroatoms. The van der Waals surface area contributed by atoms with Gasteiger partial charge in [0.15, 0.2) is 9.84 Å². The van der Waals surface area contributed by atoms with Gasteiger partial charge >= 0.3 is 0 Å². The summed E-state index contributed by atoms with van der Waals surface area (Å²) in [6, 6.07) is 4.20. The molecule has 1 N–H and O–H groups in total. The van der Waals surface area contributed by atoms with Crippen LogP contribution in [-0.2, 0) is 21.2 Å². The van der Waals surface area contributed by atoms with E-state index >= 15 is 0 Å². The summed E-state index contributed by atoms with van der Waals surface area (Å²) in [6.07, 6.45) is 7.39. The van der Waals surface area contributed by atoms with Gasteiger partial charge in [0.05, 0.1) is 5.75 Å². The fraction of sp³-hybridized carbons (Fsp3) is 0.529. The van der Waals surface area contributed by atoms with Crippen LogP contribution in [0.3, 0.4) is 0 Å². The number of allylic oxidation sites excluding steroid dienone is 1. The van der Waals surface area contributed by atoms with E-state index in [2.05, 4.69) is 21.3 Å². The molecular formula is C17H23N3O3S. The van der Waals surface area contributed by atoms with E-state index in [0.717, 1.165) is 32.5 Å². The third-order valence-electron chi connectivity index (χ3n) is 4.53. The van der Waals surface area contributed by atoms with E-state index in [1.165, 1.54) is 11.0 Å². The van der Waals surface area contributed by atoms with Crippen molar-refractivity contribution in [3.63, 3.8) is 0 Å². The molecule has 130 valence electrons. The molecule has 0 saturated carbocycles. The van der Waals surface area contributed by atoms with E-state index in [1.807, 2.05) is 12.3 Å². The molecule has 1 atom stereocenters. The molecular weight excluding hydrogens is 326 g/mol. The van der Waals surface area contributed by atoms with Gasteiger partial charge in [-0.1, -0.05) is 12.1 Å². The normalized spacial score (nSPS) is 24.1. The van der Waals surface area contributed by atoms with Crippen LogP contribution in [0.4, 0.5) is 0 Å². The summed E-state index contributed by atoms with van der Waals surface area (Å²) in [7, 11) is -3.08. The van der Waals surface area contributed by atoms with E-state index in [1.54, 1.807) is 12.3 Å². The molecule has 3 heterocycles. The Hall–Kier alpha value is -1.73. The van der Waals surface area contributed by atoms with Crippen LogP contribution in [-0.4, -0.2) is 49.1 Å². The second-order valence-electron chi connectivity index (χ2n) is 6.60. The maximum atomic E-state index is 12.1. The highest BCUT2D eigenvalue weighted by atomic mass is 32.2. The second-order valence-corrected chi connectivity index (χ2v) is 8.53. The van der Waals surface area contributed by atoms with Gasteiger partial charge < -0.3 is 5.32 Å². The molecule has 0 bridgehead atoms. The first-order valence-electron chi connectivity index (χ1n) is 8.32. The second kappa shape index (κ2) is 7.44. The fourth-order valence-electron chi connectivity index (χ4n) is 3.28. The average Bonchev–Trinajstić information content (AvgIpc) is 2.89. The molecule has 1 saturated heterocycles. The van der Waals surface area contributed by atoms with Crippen molar-refractivity contribution in [2.24, 2.45) is 5.92 Å². The van der Waals surface area contributed by atoms with Crippen LogP contribution in [0.15, 0.2) is 36.0 Å². The molecule has 1 aromatic rings. The fourth-order valence-corrected chi connectivity index (χ4v) is 4.68. The number of aromatic nitrogens is 1. The lowest BCUT2D eigenvalue weighted by Crippen LogP contribution is -2.44. The maximum Gasteiger partial charge on any atom is 0.220 e. The number of sulfone groups is 1. The predicted molar refractivity (Wildman–Crippen MR) is 91.7 cm³/mol. The molecule has 0 aromatic carbocycles. The van der Waals surface area contributed by atoms with Crippen molar-refractivity contribution in [3.05, 3.63) is 41.6 Å². The van der Waals surface area contributed by atoms with Gasteiger partial charge in [-0.05, 0) is 24.5 Å². The standard InChI is InChI=1S/C17H23N3O3S/c21-17(10-14-5-9-24(22,23)13-14)19-16-3-7-20(8-4-16)12-15-2-1-6-18-11-15/h1-2,5-6,9,11,14,16H,3-4,7-8,10,12-13H2,(H,19,21). The average molecular weight is 349 g/mol. The molecule has 6 nitrogen and oxygen atoms in total. The van der Waals surface area contributed by atoms with Crippen LogP contribution < -0.4 is 5.32 Å². The number of pyridine rings is 1. The number of carbonyl (C=O) groups excluding carboxylic acids is 1. The van der Waals surface area contributed by atoms with Gasteiger partial charge in [-0.2, -0.15) is 0 Å². The first kappa shape index (κ1) is 17.1. The highest BCUT2D eigenvalue weighted by Gasteiger charge is 2.26. The van der Waals surface area contributed by atoms with Crippen LogP contribution in [0.25, 0.3) is 0 Å². The Morgan fingerprint density at radius 2 is 2.12 bits per heavy atom. The molecule has 24 heavy (non-hydrogen) atoms. The summed E-state index contributed by atoms with van der Waals surface area (Å²) in [5.74, 6) is -0.169. The lowest BCUT2D eigenvalue weighted by molar-refractivity contribution is -0.122. The zero-order valence-corrected chi connectivity index (χ0v) is 14.4. The minimum Gasteiger partial charge on any atom is -0.353 e. The van der Waals surface area contributed by atoms with Crippen LogP contribution in [0.2, 0.25) is 0 Å². The van der Waals surface area contributed by atoms with Crippen molar-refractivity contribution in [2.45, 2.75) is 31.8 Å². The van der Waals surface area contributed by atoms with Crippen molar-refractivity contribution in [1.29, 1.82) is 0 Å². The number of carbonyl (C=O) groups is 1. The smallest absolute Gasteiger partial charge is 0.220 e.